The van der Waals surface area contributed by atoms with Gasteiger partial charge in [0.1, 0.15) is 5.65 Å². The van der Waals surface area contributed by atoms with Crippen molar-refractivity contribution in [1.29, 1.82) is 0 Å². The van der Waals surface area contributed by atoms with Crippen LogP contribution >= 0.6 is 0 Å². The van der Waals surface area contributed by atoms with Crippen LogP contribution in [-0.4, -0.2) is 24.3 Å². The van der Waals surface area contributed by atoms with Crippen LogP contribution < -0.4 is 5.56 Å². The Morgan fingerprint density at radius 3 is 1.60 bits per heavy atom. The molecular weight excluding hydrogens is 530 g/mol. The number of fused-ring (bicyclic) bond motifs is 4. The van der Waals surface area contributed by atoms with Gasteiger partial charge in [-0.25, -0.2) is 19.9 Å². The highest BCUT2D eigenvalue weighted by atomic mass is 16.1. The van der Waals surface area contributed by atoms with E-state index in [1.54, 1.807) is 4.40 Å². The predicted molar refractivity (Wildman–Crippen MR) is 172 cm³/mol. The third-order valence-corrected chi connectivity index (χ3v) is 7.66. The van der Waals surface area contributed by atoms with Crippen LogP contribution in [0.5, 0.6) is 0 Å². The second-order valence-electron chi connectivity index (χ2n) is 10.3. The Hall–Kier alpha value is -6.01. The summed E-state index contributed by atoms with van der Waals surface area (Å²) in [6.45, 7) is 0. The summed E-state index contributed by atoms with van der Waals surface area (Å²) in [5, 5.41) is 2.41. The number of hydrogen-bond donors (Lipinski definition) is 0. The molecule has 0 fully saturated rings. The van der Waals surface area contributed by atoms with E-state index in [1.807, 2.05) is 121 Å². The molecule has 8 rings (SSSR count). The van der Waals surface area contributed by atoms with Crippen LogP contribution in [0.4, 0.5) is 0 Å². The average molecular weight is 554 g/mol. The standard InChI is InChI=1S/C37H23N5O/c43-37-29-18-10-11-19-32(29)38-36-28-21-20-27(22-30(28)31(23-42(36)37)24-12-4-1-5-13-24)35-40-33(25-14-6-2-7-15-25)39-34(41-35)26-16-8-3-9-17-26/h1-23H. The Labute approximate surface area is 246 Å². The van der Waals surface area contributed by atoms with Gasteiger partial charge in [0.25, 0.3) is 5.56 Å². The van der Waals surface area contributed by atoms with Gasteiger partial charge < -0.3 is 0 Å². The molecule has 0 aliphatic rings. The molecule has 43 heavy (non-hydrogen) atoms. The molecule has 0 unspecified atom stereocenters. The Bertz CT molecular complexity index is 2290. The molecule has 3 heterocycles. The minimum atomic E-state index is -0.0961. The van der Waals surface area contributed by atoms with Gasteiger partial charge in [-0.3, -0.25) is 9.20 Å². The highest BCUT2D eigenvalue weighted by molar-refractivity contribution is 6.05. The van der Waals surface area contributed by atoms with Gasteiger partial charge in [0.2, 0.25) is 0 Å². The molecule has 0 radical (unpaired) electrons. The topological polar surface area (TPSA) is 73.0 Å². The lowest BCUT2D eigenvalue weighted by atomic mass is 9.98. The van der Waals surface area contributed by atoms with Crippen molar-refractivity contribution >= 4 is 27.3 Å². The molecule has 6 nitrogen and oxygen atoms in total. The molecule has 5 aromatic carbocycles. The molecule has 0 aliphatic carbocycles. The number of pyridine rings is 1. The lowest BCUT2D eigenvalue weighted by Crippen LogP contribution is -2.15. The van der Waals surface area contributed by atoms with Crippen molar-refractivity contribution in [2.24, 2.45) is 0 Å². The zero-order valence-electron chi connectivity index (χ0n) is 22.9. The first-order valence-corrected chi connectivity index (χ1v) is 14.0. The van der Waals surface area contributed by atoms with E-state index in [4.69, 9.17) is 19.9 Å². The molecule has 0 atom stereocenters. The molecule has 0 aliphatic heterocycles. The van der Waals surface area contributed by atoms with E-state index in [1.165, 1.54) is 0 Å². The number of para-hydroxylation sites is 1. The van der Waals surface area contributed by atoms with Gasteiger partial charge in [-0.1, -0.05) is 109 Å². The van der Waals surface area contributed by atoms with Gasteiger partial charge in [0, 0.05) is 33.8 Å². The van der Waals surface area contributed by atoms with E-state index in [-0.39, 0.29) is 5.56 Å². The molecule has 8 aromatic rings. The molecule has 0 N–H and O–H groups in total. The first-order chi connectivity index (χ1) is 21.2. The maximum Gasteiger partial charge on any atom is 0.265 e. The summed E-state index contributed by atoms with van der Waals surface area (Å²) < 4.78 is 1.66. The molecular formula is C37H23N5O. The van der Waals surface area contributed by atoms with Crippen molar-refractivity contribution in [3.63, 3.8) is 0 Å². The summed E-state index contributed by atoms with van der Waals surface area (Å²) in [6.07, 6.45) is 1.90. The van der Waals surface area contributed by atoms with Crippen molar-refractivity contribution in [3.8, 4) is 45.3 Å². The number of hydrogen-bond acceptors (Lipinski definition) is 5. The predicted octanol–water partition coefficient (Wildman–Crippen LogP) is 7.85. The maximum atomic E-state index is 13.6. The quantitative estimate of drug-likeness (QED) is 0.164. The highest BCUT2D eigenvalue weighted by Gasteiger charge is 2.17. The Morgan fingerprint density at radius 1 is 0.442 bits per heavy atom. The lowest BCUT2D eigenvalue weighted by molar-refractivity contribution is 1.07. The smallest absolute Gasteiger partial charge is 0.265 e. The molecule has 6 heteroatoms. The number of nitrogens with zero attached hydrogens (tertiary/aromatic N) is 5. The van der Waals surface area contributed by atoms with Crippen molar-refractivity contribution in [1.82, 2.24) is 24.3 Å². The van der Waals surface area contributed by atoms with E-state index in [2.05, 4.69) is 18.2 Å². The number of rotatable bonds is 4. The fraction of sp³-hybridized carbons (Fsp3) is 0. The molecule has 3 aromatic heterocycles. The van der Waals surface area contributed by atoms with Crippen molar-refractivity contribution in [3.05, 3.63) is 150 Å². The summed E-state index contributed by atoms with van der Waals surface area (Å²) in [7, 11) is 0. The zero-order chi connectivity index (χ0) is 28.8. The van der Waals surface area contributed by atoms with Crippen molar-refractivity contribution in [2.75, 3.05) is 0 Å². The monoisotopic (exact) mass is 553 g/mol. The van der Waals surface area contributed by atoms with Gasteiger partial charge in [-0.15, -0.1) is 0 Å². The SMILES string of the molecule is O=c1c2ccccc2nc2c3ccc(-c4nc(-c5ccccc5)nc(-c5ccccc5)n4)cc3c(-c3ccccc3)cn12. The van der Waals surface area contributed by atoms with Crippen LogP contribution in [0, 0.1) is 0 Å². The summed E-state index contributed by atoms with van der Waals surface area (Å²) >= 11 is 0. The van der Waals surface area contributed by atoms with Crippen molar-refractivity contribution < 1.29 is 0 Å². The normalized spacial score (nSPS) is 11.3. The van der Waals surface area contributed by atoms with Crippen molar-refractivity contribution in [2.45, 2.75) is 0 Å². The van der Waals surface area contributed by atoms with E-state index in [0.717, 1.165) is 38.6 Å². The second-order valence-corrected chi connectivity index (χ2v) is 10.3. The van der Waals surface area contributed by atoms with Crippen LogP contribution in [0.25, 0.3) is 72.6 Å². The Balaban J connectivity index is 1.42. The largest absolute Gasteiger partial charge is 0.268 e. The maximum absolute atomic E-state index is 13.6. The van der Waals surface area contributed by atoms with E-state index < -0.39 is 0 Å². The van der Waals surface area contributed by atoms with Crippen LogP contribution in [0.2, 0.25) is 0 Å². The highest BCUT2D eigenvalue weighted by Crippen LogP contribution is 2.34. The second kappa shape index (κ2) is 10.1. The fourth-order valence-corrected chi connectivity index (χ4v) is 5.54. The van der Waals surface area contributed by atoms with Crippen LogP contribution in [-0.2, 0) is 0 Å². The Kier molecular flexibility index (Phi) is 5.83. The molecule has 0 saturated heterocycles. The molecule has 0 saturated carbocycles. The van der Waals surface area contributed by atoms with Crippen LogP contribution in [0.1, 0.15) is 0 Å². The first kappa shape index (κ1) is 24.8. The fourth-order valence-electron chi connectivity index (χ4n) is 5.54. The average Bonchev–Trinajstić information content (AvgIpc) is 3.09. The third kappa shape index (κ3) is 4.33. The van der Waals surface area contributed by atoms with Gasteiger partial charge in [-0.2, -0.15) is 0 Å². The molecule has 0 spiro atoms. The van der Waals surface area contributed by atoms with Gasteiger partial charge in [0.05, 0.1) is 10.9 Å². The summed E-state index contributed by atoms with van der Waals surface area (Å²) in [5.74, 6) is 1.77. The number of benzene rings is 5. The van der Waals surface area contributed by atoms with Gasteiger partial charge >= 0.3 is 0 Å². The summed E-state index contributed by atoms with van der Waals surface area (Å²) in [6, 6.07) is 43.5. The zero-order valence-corrected chi connectivity index (χ0v) is 22.9. The molecule has 0 bridgehead atoms. The minimum absolute atomic E-state index is 0.0961. The van der Waals surface area contributed by atoms with Gasteiger partial charge in [0.15, 0.2) is 17.5 Å². The lowest BCUT2D eigenvalue weighted by Gasteiger charge is -2.14. The Morgan fingerprint density at radius 2 is 0.977 bits per heavy atom. The number of aromatic nitrogens is 5. The van der Waals surface area contributed by atoms with E-state index in [0.29, 0.717) is 34.0 Å². The van der Waals surface area contributed by atoms with Crippen LogP contribution in [0.3, 0.4) is 0 Å². The molecule has 202 valence electrons. The minimum Gasteiger partial charge on any atom is -0.268 e. The first-order valence-electron chi connectivity index (χ1n) is 14.0. The van der Waals surface area contributed by atoms with Gasteiger partial charge in [-0.05, 0) is 35.2 Å². The molecule has 0 amide bonds. The summed E-state index contributed by atoms with van der Waals surface area (Å²) in [4.78, 5) is 33.3. The van der Waals surface area contributed by atoms with E-state index >= 15 is 0 Å². The van der Waals surface area contributed by atoms with E-state index in [9.17, 15) is 4.79 Å². The summed E-state index contributed by atoms with van der Waals surface area (Å²) in [5.41, 5.74) is 5.77. The van der Waals surface area contributed by atoms with Crippen LogP contribution in [0.15, 0.2) is 144 Å². The third-order valence-electron chi connectivity index (χ3n) is 7.66.